The molecule has 0 aromatic heterocycles. The molecule has 0 atom stereocenters. The quantitative estimate of drug-likeness (QED) is 0.885. The van der Waals surface area contributed by atoms with Crippen molar-refractivity contribution < 1.29 is 13.2 Å². The fourth-order valence-electron chi connectivity index (χ4n) is 2.37. The van der Waals surface area contributed by atoms with Crippen molar-refractivity contribution in [2.24, 2.45) is 0 Å². The molecule has 0 heterocycles. The summed E-state index contributed by atoms with van der Waals surface area (Å²) >= 11 is 0. The van der Waals surface area contributed by atoms with Crippen LogP contribution in [0.15, 0.2) is 47.8 Å². The molecule has 0 radical (unpaired) electrons. The molecule has 1 aliphatic carbocycles. The standard InChI is InChI=1S/C17H21F3N2/c1-22(2)16-9-7-15(8-10-16)21-12-11-13-3-5-14(6-4-13)17(18,19)20/h3-7,9,21H,8,10-12H2,1-2H3. The van der Waals surface area contributed by atoms with Crippen LogP contribution in [0.1, 0.15) is 24.0 Å². The molecule has 2 nitrogen and oxygen atoms in total. The Labute approximate surface area is 129 Å². The summed E-state index contributed by atoms with van der Waals surface area (Å²) in [6.45, 7) is 0.725. The Kier molecular flexibility index (Phi) is 5.16. The summed E-state index contributed by atoms with van der Waals surface area (Å²) < 4.78 is 37.4. The van der Waals surface area contributed by atoms with Gasteiger partial charge in [0, 0.05) is 32.0 Å². The fourth-order valence-corrected chi connectivity index (χ4v) is 2.37. The van der Waals surface area contributed by atoms with E-state index in [2.05, 4.69) is 22.4 Å². The number of rotatable bonds is 5. The Morgan fingerprint density at radius 1 is 1.05 bits per heavy atom. The first-order valence-corrected chi connectivity index (χ1v) is 7.33. The van der Waals surface area contributed by atoms with Crippen LogP contribution in [0.3, 0.4) is 0 Å². The maximum Gasteiger partial charge on any atom is 0.416 e. The molecule has 0 amide bonds. The van der Waals surface area contributed by atoms with Gasteiger partial charge in [0.25, 0.3) is 0 Å². The number of alkyl halides is 3. The van der Waals surface area contributed by atoms with Crippen molar-refractivity contribution in [1.82, 2.24) is 10.2 Å². The first kappa shape index (κ1) is 16.5. The number of allylic oxidation sites excluding steroid dienone is 4. The molecule has 0 unspecified atom stereocenters. The minimum Gasteiger partial charge on any atom is -0.388 e. The summed E-state index contributed by atoms with van der Waals surface area (Å²) in [5.74, 6) is 0. The van der Waals surface area contributed by atoms with Crippen molar-refractivity contribution in [3.05, 3.63) is 58.9 Å². The van der Waals surface area contributed by atoms with Gasteiger partial charge < -0.3 is 10.2 Å². The monoisotopic (exact) mass is 310 g/mol. The highest BCUT2D eigenvalue weighted by Gasteiger charge is 2.29. The minimum atomic E-state index is -4.26. The van der Waals surface area contributed by atoms with Crippen molar-refractivity contribution in [3.63, 3.8) is 0 Å². The van der Waals surface area contributed by atoms with Gasteiger partial charge >= 0.3 is 6.18 Å². The molecule has 1 N–H and O–H groups in total. The number of halogens is 3. The summed E-state index contributed by atoms with van der Waals surface area (Å²) in [5, 5.41) is 3.35. The molecule has 1 aromatic rings. The zero-order chi connectivity index (χ0) is 16.2. The van der Waals surface area contributed by atoms with Gasteiger partial charge in [-0.05, 0) is 49.1 Å². The van der Waals surface area contributed by atoms with Crippen LogP contribution in [-0.4, -0.2) is 25.5 Å². The van der Waals surface area contributed by atoms with Crippen molar-refractivity contribution >= 4 is 0 Å². The van der Waals surface area contributed by atoms with Crippen LogP contribution < -0.4 is 5.32 Å². The lowest BCUT2D eigenvalue weighted by Gasteiger charge is -2.21. The van der Waals surface area contributed by atoms with Crippen LogP contribution >= 0.6 is 0 Å². The smallest absolute Gasteiger partial charge is 0.388 e. The molecule has 1 aliphatic rings. The zero-order valence-corrected chi connectivity index (χ0v) is 12.9. The van der Waals surface area contributed by atoms with Gasteiger partial charge in [0.2, 0.25) is 0 Å². The van der Waals surface area contributed by atoms with E-state index in [0.717, 1.165) is 37.1 Å². The number of nitrogens with one attached hydrogen (secondary N) is 1. The van der Waals surface area contributed by atoms with Crippen molar-refractivity contribution in [2.45, 2.75) is 25.4 Å². The predicted octanol–water partition coefficient (Wildman–Crippen LogP) is 3.96. The second-order valence-corrected chi connectivity index (χ2v) is 5.62. The molecule has 0 saturated carbocycles. The van der Waals surface area contributed by atoms with E-state index in [9.17, 15) is 13.2 Å². The van der Waals surface area contributed by atoms with E-state index in [-0.39, 0.29) is 0 Å². The summed E-state index contributed by atoms with van der Waals surface area (Å²) in [5.41, 5.74) is 2.78. The third-order valence-electron chi connectivity index (χ3n) is 3.75. The lowest BCUT2D eigenvalue weighted by Crippen LogP contribution is -2.20. The zero-order valence-electron chi connectivity index (χ0n) is 12.9. The molecular formula is C17H21F3N2. The van der Waals surface area contributed by atoms with Crippen molar-refractivity contribution in [2.75, 3.05) is 20.6 Å². The molecule has 120 valence electrons. The largest absolute Gasteiger partial charge is 0.416 e. The van der Waals surface area contributed by atoms with Gasteiger partial charge in [-0.2, -0.15) is 13.2 Å². The van der Waals surface area contributed by atoms with E-state index < -0.39 is 11.7 Å². The number of hydrogen-bond donors (Lipinski definition) is 1. The molecule has 5 heteroatoms. The van der Waals surface area contributed by atoms with Crippen molar-refractivity contribution in [1.29, 1.82) is 0 Å². The van der Waals surface area contributed by atoms with Gasteiger partial charge in [0.1, 0.15) is 0 Å². The van der Waals surface area contributed by atoms with Gasteiger partial charge in [-0.1, -0.05) is 12.1 Å². The van der Waals surface area contributed by atoms with E-state index >= 15 is 0 Å². The molecule has 0 fully saturated rings. The number of benzene rings is 1. The van der Waals surface area contributed by atoms with Crippen LogP contribution in [0.4, 0.5) is 13.2 Å². The highest BCUT2D eigenvalue weighted by Crippen LogP contribution is 2.29. The van der Waals surface area contributed by atoms with Gasteiger partial charge in [-0.25, -0.2) is 0 Å². The number of hydrogen-bond acceptors (Lipinski definition) is 2. The summed E-state index contributed by atoms with van der Waals surface area (Å²) in [4.78, 5) is 2.11. The highest BCUT2D eigenvalue weighted by atomic mass is 19.4. The predicted molar refractivity (Wildman–Crippen MR) is 82.2 cm³/mol. The first-order chi connectivity index (χ1) is 10.4. The molecule has 0 spiro atoms. The second kappa shape index (κ2) is 6.90. The maximum atomic E-state index is 12.5. The third-order valence-corrected chi connectivity index (χ3v) is 3.75. The highest BCUT2D eigenvalue weighted by molar-refractivity contribution is 5.25. The molecule has 2 rings (SSSR count). The Morgan fingerprint density at radius 2 is 1.73 bits per heavy atom. The Bertz CT molecular complexity index is 554. The van der Waals surface area contributed by atoms with Crippen LogP contribution in [-0.2, 0) is 12.6 Å². The van der Waals surface area contributed by atoms with Crippen LogP contribution in [0.25, 0.3) is 0 Å². The SMILES string of the molecule is CN(C)C1=CC=C(NCCc2ccc(C(F)(F)F)cc2)CC1. The van der Waals surface area contributed by atoms with Gasteiger partial charge in [0.15, 0.2) is 0 Å². The Balaban J connectivity index is 1.82. The van der Waals surface area contributed by atoms with Crippen molar-refractivity contribution in [3.8, 4) is 0 Å². The average Bonchev–Trinajstić information content (AvgIpc) is 2.47. The summed E-state index contributed by atoms with van der Waals surface area (Å²) in [6, 6.07) is 5.37. The Hall–Kier alpha value is -1.91. The second-order valence-electron chi connectivity index (χ2n) is 5.62. The Morgan fingerprint density at radius 3 is 2.23 bits per heavy atom. The molecule has 22 heavy (non-hydrogen) atoms. The fraction of sp³-hybridized carbons (Fsp3) is 0.412. The van der Waals surface area contributed by atoms with Gasteiger partial charge in [-0.15, -0.1) is 0 Å². The first-order valence-electron chi connectivity index (χ1n) is 7.33. The summed E-state index contributed by atoms with van der Waals surface area (Å²) in [7, 11) is 4.06. The van der Waals surface area contributed by atoms with E-state index in [1.807, 2.05) is 14.1 Å². The minimum absolute atomic E-state index is 0.597. The van der Waals surface area contributed by atoms with Crippen LogP contribution in [0.5, 0.6) is 0 Å². The van der Waals surface area contributed by atoms with E-state index in [1.165, 1.54) is 11.4 Å². The lowest BCUT2D eigenvalue weighted by atomic mass is 10.1. The van der Waals surface area contributed by atoms with Gasteiger partial charge in [-0.3, -0.25) is 0 Å². The van der Waals surface area contributed by atoms with Crippen LogP contribution in [0.2, 0.25) is 0 Å². The molecule has 1 aromatic carbocycles. The summed E-state index contributed by atoms with van der Waals surface area (Å²) in [6.07, 6.45) is 2.60. The normalized spacial score (nSPS) is 15.1. The molecule has 0 aliphatic heterocycles. The topological polar surface area (TPSA) is 15.3 Å². The van der Waals surface area contributed by atoms with Crippen LogP contribution in [0, 0.1) is 0 Å². The van der Waals surface area contributed by atoms with E-state index in [1.54, 1.807) is 12.1 Å². The molecule has 0 saturated heterocycles. The molecular weight excluding hydrogens is 289 g/mol. The maximum absolute atomic E-state index is 12.5. The van der Waals surface area contributed by atoms with E-state index in [0.29, 0.717) is 6.42 Å². The average molecular weight is 310 g/mol. The van der Waals surface area contributed by atoms with Gasteiger partial charge in [0.05, 0.1) is 5.56 Å². The van der Waals surface area contributed by atoms with E-state index in [4.69, 9.17) is 0 Å². The number of nitrogens with zero attached hydrogens (tertiary/aromatic N) is 1. The molecule has 0 bridgehead atoms. The third kappa shape index (κ3) is 4.55. The lowest BCUT2D eigenvalue weighted by molar-refractivity contribution is -0.137.